The van der Waals surface area contributed by atoms with Crippen LogP contribution in [0.4, 0.5) is 0 Å². The summed E-state index contributed by atoms with van der Waals surface area (Å²) in [5.74, 6) is 0.132. The number of hydrogen-bond donors (Lipinski definition) is 0. The van der Waals surface area contributed by atoms with Gasteiger partial charge < -0.3 is 9.64 Å². The molecular weight excluding hydrogens is 314 g/mol. The lowest BCUT2D eigenvalue weighted by molar-refractivity contribution is -0.148. The molecule has 0 N–H and O–H groups in total. The van der Waals surface area contributed by atoms with Crippen LogP contribution in [0.3, 0.4) is 0 Å². The highest BCUT2D eigenvalue weighted by Gasteiger charge is 2.51. The maximum absolute atomic E-state index is 12.7. The standard InChI is InChI=1S/C21H27NO3/c1-2-25-19(24)14-22-18(23)12-15-13-21(10-6-3-7-11-21)17-9-5-4-8-16(17)20(15)22/h4-5,8-9,15,20H,2-3,6-7,10-14H2,1H3/t15-,20-/m0/s1. The summed E-state index contributed by atoms with van der Waals surface area (Å²) >= 11 is 0. The predicted octanol–water partition coefficient (Wildman–Crippen LogP) is 3.74. The molecule has 1 aromatic carbocycles. The molecule has 2 atom stereocenters. The molecule has 2 fully saturated rings. The van der Waals surface area contributed by atoms with Crippen LogP contribution in [0, 0.1) is 5.92 Å². The Hall–Kier alpha value is -1.84. The van der Waals surface area contributed by atoms with Crippen LogP contribution in [0.5, 0.6) is 0 Å². The summed E-state index contributed by atoms with van der Waals surface area (Å²) in [6.45, 7) is 2.24. The Morgan fingerprint density at radius 3 is 2.76 bits per heavy atom. The summed E-state index contributed by atoms with van der Waals surface area (Å²) in [5, 5.41) is 0. The van der Waals surface area contributed by atoms with Crippen molar-refractivity contribution in [3.63, 3.8) is 0 Å². The zero-order valence-electron chi connectivity index (χ0n) is 15.0. The first-order chi connectivity index (χ1) is 12.1. The maximum atomic E-state index is 12.7. The largest absolute Gasteiger partial charge is 0.465 e. The highest BCUT2D eigenvalue weighted by Crippen LogP contribution is 2.56. The summed E-state index contributed by atoms with van der Waals surface area (Å²) in [6, 6.07) is 8.69. The first-order valence-electron chi connectivity index (χ1n) is 9.69. The van der Waals surface area contributed by atoms with Gasteiger partial charge in [0.1, 0.15) is 6.54 Å². The number of esters is 1. The van der Waals surface area contributed by atoms with E-state index in [9.17, 15) is 9.59 Å². The van der Waals surface area contributed by atoms with Crippen molar-refractivity contribution in [3.8, 4) is 0 Å². The van der Waals surface area contributed by atoms with Gasteiger partial charge in [0, 0.05) is 6.42 Å². The van der Waals surface area contributed by atoms with Crippen molar-refractivity contribution in [1.82, 2.24) is 4.90 Å². The molecule has 1 heterocycles. The van der Waals surface area contributed by atoms with E-state index in [0.717, 1.165) is 6.42 Å². The molecule has 4 heteroatoms. The quantitative estimate of drug-likeness (QED) is 0.787. The fourth-order valence-corrected chi connectivity index (χ4v) is 5.55. The molecule has 2 aliphatic carbocycles. The van der Waals surface area contributed by atoms with E-state index in [1.54, 1.807) is 11.8 Å². The monoisotopic (exact) mass is 341 g/mol. The Morgan fingerprint density at radius 2 is 2.00 bits per heavy atom. The van der Waals surface area contributed by atoms with Crippen LogP contribution in [0.1, 0.15) is 69.0 Å². The molecule has 1 saturated carbocycles. The normalized spacial score (nSPS) is 27.1. The van der Waals surface area contributed by atoms with Gasteiger partial charge in [-0.15, -0.1) is 0 Å². The number of carbonyl (C=O) groups excluding carboxylic acids is 2. The van der Waals surface area contributed by atoms with Gasteiger partial charge in [0.2, 0.25) is 5.91 Å². The van der Waals surface area contributed by atoms with Crippen molar-refractivity contribution in [2.45, 2.75) is 63.3 Å². The summed E-state index contributed by atoms with van der Waals surface area (Å²) in [7, 11) is 0. The third kappa shape index (κ3) is 2.76. The number of rotatable bonds is 3. The van der Waals surface area contributed by atoms with Crippen molar-refractivity contribution in [1.29, 1.82) is 0 Å². The van der Waals surface area contributed by atoms with Crippen LogP contribution in [0.15, 0.2) is 24.3 Å². The van der Waals surface area contributed by atoms with E-state index in [1.807, 2.05) is 0 Å². The molecule has 1 aliphatic heterocycles. The first kappa shape index (κ1) is 16.6. The van der Waals surface area contributed by atoms with Crippen LogP contribution in [-0.2, 0) is 19.7 Å². The van der Waals surface area contributed by atoms with E-state index < -0.39 is 0 Å². The van der Waals surface area contributed by atoms with Crippen molar-refractivity contribution < 1.29 is 14.3 Å². The Kier molecular flexibility index (Phi) is 4.30. The number of carbonyl (C=O) groups is 2. The topological polar surface area (TPSA) is 46.6 Å². The third-order valence-electron chi connectivity index (χ3n) is 6.46. The first-order valence-corrected chi connectivity index (χ1v) is 9.69. The average molecular weight is 341 g/mol. The van der Waals surface area contributed by atoms with Crippen LogP contribution in [-0.4, -0.2) is 29.9 Å². The second-order valence-electron chi connectivity index (χ2n) is 7.87. The molecule has 4 nitrogen and oxygen atoms in total. The number of amides is 1. The molecule has 0 radical (unpaired) electrons. The summed E-state index contributed by atoms with van der Waals surface area (Å²) < 4.78 is 5.10. The van der Waals surface area contributed by atoms with Gasteiger partial charge in [-0.25, -0.2) is 0 Å². The molecule has 1 amide bonds. The van der Waals surface area contributed by atoms with Gasteiger partial charge in [0.05, 0.1) is 12.6 Å². The van der Waals surface area contributed by atoms with E-state index in [0.29, 0.717) is 18.9 Å². The number of ether oxygens (including phenoxy) is 1. The average Bonchev–Trinajstić information content (AvgIpc) is 2.91. The lowest BCUT2D eigenvalue weighted by Crippen LogP contribution is -2.42. The zero-order chi connectivity index (χ0) is 17.4. The van der Waals surface area contributed by atoms with Crippen molar-refractivity contribution in [2.24, 2.45) is 5.92 Å². The van der Waals surface area contributed by atoms with Crippen molar-refractivity contribution in [3.05, 3.63) is 35.4 Å². The molecule has 4 rings (SSSR count). The fourth-order valence-electron chi connectivity index (χ4n) is 5.55. The molecule has 1 saturated heterocycles. The Labute approximate surface area is 149 Å². The Bertz CT molecular complexity index is 677. The molecule has 1 spiro atoms. The second kappa shape index (κ2) is 6.47. The SMILES string of the molecule is CCOC(=O)CN1C(=O)C[C@H]2CC3(CCCCC3)c3ccccc3[C@H]21. The number of hydrogen-bond acceptors (Lipinski definition) is 3. The van der Waals surface area contributed by atoms with Crippen LogP contribution in [0.25, 0.3) is 0 Å². The fraction of sp³-hybridized carbons (Fsp3) is 0.619. The minimum Gasteiger partial charge on any atom is -0.465 e. The van der Waals surface area contributed by atoms with E-state index in [-0.39, 0.29) is 29.9 Å². The summed E-state index contributed by atoms with van der Waals surface area (Å²) in [6.07, 6.45) is 8.02. The molecule has 0 bridgehead atoms. The van der Waals surface area contributed by atoms with Crippen molar-refractivity contribution >= 4 is 11.9 Å². The van der Waals surface area contributed by atoms with E-state index >= 15 is 0 Å². The lowest BCUT2D eigenvalue weighted by atomic mass is 9.59. The highest BCUT2D eigenvalue weighted by molar-refractivity contribution is 5.85. The summed E-state index contributed by atoms with van der Waals surface area (Å²) in [5.41, 5.74) is 2.95. The van der Waals surface area contributed by atoms with Gasteiger partial charge in [-0.2, -0.15) is 0 Å². The van der Waals surface area contributed by atoms with Gasteiger partial charge in [-0.1, -0.05) is 43.5 Å². The van der Waals surface area contributed by atoms with Gasteiger partial charge >= 0.3 is 5.97 Å². The molecule has 3 aliphatic rings. The summed E-state index contributed by atoms with van der Waals surface area (Å²) in [4.78, 5) is 26.5. The van der Waals surface area contributed by atoms with E-state index in [2.05, 4.69) is 24.3 Å². The number of fused-ring (bicyclic) bond motifs is 4. The lowest BCUT2D eigenvalue weighted by Gasteiger charge is -2.47. The molecule has 0 aromatic heterocycles. The maximum Gasteiger partial charge on any atom is 0.325 e. The minimum absolute atomic E-state index is 0.0423. The Balaban J connectivity index is 1.71. The van der Waals surface area contributed by atoms with E-state index in [4.69, 9.17) is 4.74 Å². The van der Waals surface area contributed by atoms with Crippen molar-refractivity contribution in [2.75, 3.05) is 13.2 Å². The van der Waals surface area contributed by atoms with Crippen LogP contribution in [0.2, 0.25) is 0 Å². The second-order valence-corrected chi connectivity index (χ2v) is 7.87. The van der Waals surface area contributed by atoms with Gasteiger partial charge in [0.15, 0.2) is 0 Å². The minimum atomic E-state index is -0.299. The molecule has 25 heavy (non-hydrogen) atoms. The smallest absolute Gasteiger partial charge is 0.325 e. The molecule has 0 unspecified atom stereocenters. The number of benzene rings is 1. The van der Waals surface area contributed by atoms with Gasteiger partial charge in [-0.05, 0) is 48.6 Å². The molecule has 1 aromatic rings. The van der Waals surface area contributed by atoms with Crippen LogP contribution >= 0.6 is 0 Å². The van der Waals surface area contributed by atoms with Crippen LogP contribution < -0.4 is 0 Å². The highest BCUT2D eigenvalue weighted by atomic mass is 16.5. The number of nitrogens with zero attached hydrogens (tertiary/aromatic N) is 1. The third-order valence-corrected chi connectivity index (χ3v) is 6.46. The van der Waals surface area contributed by atoms with E-state index in [1.165, 1.54) is 43.2 Å². The number of likely N-dealkylation sites (tertiary alicyclic amines) is 1. The van der Waals surface area contributed by atoms with Gasteiger partial charge in [-0.3, -0.25) is 9.59 Å². The molecule has 134 valence electrons. The predicted molar refractivity (Wildman–Crippen MR) is 95.0 cm³/mol. The Morgan fingerprint density at radius 1 is 1.24 bits per heavy atom. The molecular formula is C21H27NO3. The zero-order valence-corrected chi connectivity index (χ0v) is 15.0. The van der Waals surface area contributed by atoms with Gasteiger partial charge in [0.25, 0.3) is 0 Å².